The largest absolute Gasteiger partial charge is 0.497 e. The first-order chi connectivity index (χ1) is 13.9. The number of methoxy groups -OCH3 is 1. The van der Waals surface area contributed by atoms with Crippen LogP contribution in [0.4, 0.5) is 5.82 Å². The summed E-state index contributed by atoms with van der Waals surface area (Å²) in [5.74, 6) is 0.0974. The number of benzene rings is 1. The van der Waals surface area contributed by atoms with Crippen LogP contribution in [0, 0.1) is 0 Å². The molecule has 2 heterocycles. The zero-order valence-electron chi connectivity index (χ0n) is 16.8. The van der Waals surface area contributed by atoms with Gasteiger partial charge in [0.1, 0.15) is 5.75 Å². The number of piperazine rings is 1. The van der Waals surface area contributed by atoms with Crippen molar-refractivity contribution >= 4 is 17.7 Å². The SMILES string of the molecule is COc1ccc(-c2onc(N3CCN(CC(=O)NC(C)C)CC3)c2C(=O)O)cc1. The Labute approximate surface area is 169 Å². The lowest BCUT2D eigenvalue weighted by atomic mass is 10.1. The fraction of sp³-hybridized carbons (Fsp3) is 0.450. The number of amides is 1. The quantitative estimate of drug-likeness (QED) is 0.720. The second kappa shape index (κ2) is 8.95. The van der Waals surface area contributed by atoms with E-state index in [-0.39, 0.29) is 23.3 Å². The zero-order valence-corrected chi connectivity index (χ0v) is 16.8. The molecule has 0 bridgehead atoms. The van der Waals surface area contributed by atoms with E-state index in [0.717, 1.165) is 0 Å². The summed E-state index contributed by atoms with van der Waals surface area (Å²) in [4.78, 5) is 27.8. The lowest BCUT2D eigenvalue weighted by molar-refractivity contribution is -0.122. The van der Waals surface area contributed by atoms with Crippen LogP contribution in [0.2, 0.25) is 0 Å². The average molecular weight is 402 g/mol. The molecule has 0 radical (unpaired) electrons. The first-order valence-electron chi connectivity index (χ1n) is 9.53. The summed E-state index contributed by atoms with van der Waals surface area (Å²) in [7, 11) is 1.57. The van der Waals surface area contributed by atoms with Gasteiger partial charge >= 0.3 is 5.97 Å². The number of carboxylic acid groups (broad SMARTS) is 1. The van der Waals surface area contributed by atoms with Crippen LogP contribution in [0.1, 0.15) is 24.2 Å². The summed E-state index contributed by atoms with van der Waals surface area (Å²) >= 11 is 0. The topological polar surface area (TPSA) is 108 Å². The van der Waals surface area contributed by atoms with Crippen LogP contribution in [0.15, 0.2) is 28.8 Å². The molecular weight excluding hydrogens is 376 g/mol. The summed E-state index contributed by atoms with van der Waals surface area (Å²) in [6.07, 6.45) is 0. The molecule has 3 rings (SSSR count). The lowest BCUT2D eigenvalue weighted by Crippen LogP contribution is -2.50. The Morgan fingerprint density at radius 3 is 2.41 bits per heavy atom. The van der Waals surface area contributed by atoms with E-state index < -0.39 is 5.97 Å². The number of aromatic carboxylic acids is 1. The minimum Gasteiger partial charge on any atom is -0.497 e. The van der Waals surface area contributed by atoms with Gasteiger partial charge in [-0.2, -0.15) is 0 Å². The van der Waals surface area contributed by atoms with Crippen LogP contribution in [-0.2, 0) is 4.79 Å². The molecule has 156 valence electrons. The van der Waals surface area contributed by atoms with Crippen LogP contribution in [-0.4, -0.2) is 72.9 Å². The van der Waals surface area contributed by atoms with Crippen molar-refractivity contribution in [3.05, 3.63) is 29.8 Å². The van der Waals surface area contributed by atoms with E-state index in [4.69, 9.17) is 9.26 Å². The fourth-order valence-electron chi connectivity index (χ4n) is 3.32. The number of anilines is 1. The van der Waals surface area contributed by atoms with E-state index in [2.05, 4.69) is 10.5 Å². The molecule has 0 spiro atoms. The van der Waals surface area contributed by atoms with Crippen molar-refractivity contribution in [1.82, 2.24) is 15.4 Å². The normalized spacial score (nSPS) is 14.8. The minimum absolute atomic E-state index is 0.0112. The summed E-state index contributed by atoms with van der Waals surface area (Å²) in [5.41, 5.74) is 0.659. The Morgan fingerprint density at radius 1 is 1.21 bits per heavy atom. The molecule has 1 fully saturated rings. The molecule has 2 N–H and O–H groups in total. The molecule has 0 unspecified atom stereocenters. The standard InChI is InChI=1S/C20H26N4O5/c1-13(2)21-16(25)12-23-8-10-24(11-9-23)19-17(20(26)27)18(29-22-19)14-4-6-15(28-3)7-5-14/h4-7,13H,8-12H2,1-3H3,(H,21,25)(H,26,27). The Morgan fingerprint density at radius 2 is 1.86 bits per heavy atom. The number of nitrogens with one attached hydrogen (secondary N) is 1. The van der Waals surface area contributed by atoms with Crippen molar-refractivity contribution in [3.8, 4) is 17.1 Å². The summed E-state index contributed by atoms with van der Waals surface area (Å²) in [5, 5.41) is 16.7. The van der Waals surface area contributed by atoms with E-state index in [1.54, 1.807) is 31.4 Å². The van der Waals surface area contributed by atoms with Crippen LogP contribution in [0.5, 0.6) is 5.75 Å². The molecule has 0 atom stereocenters. The van der Waals surface area contributed by atoms with Crippen molar-refractivity contribution in [2.75, 3.05) is 44.7 Å². The molecule has 9 nitrogen and oxygen atoms in total. The first kappa shape index (κ1) is 20.7. The number of ether oxygens (including phenoxy) is 1. The maximum absolute atomic E-state index is 11.9. The highest BCUT2D eigenvalue weighted by molar-refractivity contribution is 5.99. The number of nitrogens with zero attached hydrogens (tertiary/aromatic N) is 3. The third kappa shape index (κ3) is 4.86. The summed E-state index contributed by atoms with van der Waals surface area (Å²) in [6.45, 7) is 6.56. The molecule has 0 saturated carbocycles. The van der Waals surface area contributed by atoms with Gasteiger partial charge in [0, 0.05) is 37.8 Å². The smallest absolute Gasteiger partial charge is 0.343 e. The van der Waals surface area contributed by atoms with E-state index >= 15 is 0 Å². The predicted octanol–water partition coefficient (Wildman–Crippen LogP) is 1.69. The summed E-state index contributed by atoms with van der Waals surface area (Å²) in [6, 6.07) is 7.06. The van der Waals surface area contributed by atoms with E-state index in [1.165, 1.54) is 0 Å². The number of rotatable bonds is 7. The predicted molar refractivity (Wildman–Crippen MR) is 107 cm³/mol. The Bertz CT molecular complexity index is 854. The highest BCUT2D eigenvalue weighted by atomic mass is 16.5. The maximum atomic E-state index is 11.9. The minimum atomic E-state index is -1.09. The van der Waals surface area contributed by atoms with Gasteiger partial charge in [-0.3, -0.25) is 9.69 Å². The van der Waals surface area contributed by atoms with Gasteiger partial charge in [0.05, 0.1) is 13.7 Å². The van der Waals surface area contributed by atoms with Gasteiger partial charge in [-0.05, 0) is 38.1 Å². The molecule has 1 aromatic heterocycles. The van der Waals surface area contributed by atoms with Crippen LogP contribution in [0.25, 0.3) is 11.3 Å². The zero-order chi connectivity index (χ0) is 21.0. The molecule has 1 aromatic carbocycles. The van der Waals surface area contributed by atoms with Crippen molar-refractivity contribution in [1.29, 1.82) is 0 Å². The highest BCUT2D eigenvalue weighted by Gasteiger charge is 2.29. The third-order valence-electron chi connectivity index (χ3n) is 4.73. The van der Waals surface area contributed by atoms with Crippen molar-refractivity contribution in [3.63, 3.8) is 0 Å². The maximum Gasteiger partial charge on any atom is 0.343 e. The van der Waals surface area contributed by atoms with Crippen molar-refractivity contribution < 1.29 is 24.0 Å². The van der Waals surface area contributed by atoms with Gasteiger partial charge < -0.3 is 24.6 Å². The van der Waals surface area contributed by atoms with Crippen LogP contribution >= 0.6 is 0 Å². The molecule has 1 amide bonds. The second-order valence-electron chi connectivity index (χ2n) is 7.23. The van der Waals surface area contributed by atoms with Gasteiger partial charge in [-0.1, -0.05) is 5.16 Å². The molecular formula is C20H26N4O5. The summed E-state index contributed by atoms with van der Waals surface area (Å²) < 4.78 is 10.6. The molecule has 0 aliphatic carbocycles. The van der Waals surface area contributed by atoms with Crippen molar-refractivity contribution in [2.24, 2.45) is 0 Å². The number of hydrogen-bond acceptors (Lipinski definition) is 7. The number of hydrogen-bond donors (Lipinski definition) is 2. The molecule has 1 aliphatic rings. The number of carbonyl (C=O) groups is 2. The molecule has 1 aliphatic heterocycles. The molecule has 1 saturated heterocycles. The van der Waals surface area contributed by atoms with Crippen LogP contribution < -0.4 is 15.0 Å². The van der Waals surface area contributed by atoms with E-state index in [9.17, 15) is 14.7 Å². The van der Waals surface area contributed by atoms with Gasteiger partial charge in [0.2, 0.25) is 5.91 Å². The molecule has 29 heavy (non-hydrogen) atoms. The number of aromatic nitrogens is 1. The Kier molecular flexibility index (Phi) is 6.38. The third-order valence-corrected chi connectivity index (χ3v) is 4.73. The van der Waals surface area contributed by atoms with E-state index in [1.807, 2.05) is 23.6 Å². The van der Waals surface area contributed by atoms with Gasteiger partial charge in [-0.25, -0.2) is 4.79 Å². The first-order valence-corrected chi connectivity index (χ1v) is 9.53. The van der Waals surface area contributed by atoms with Gasteiger partial charge in [-0.15, -0.1) is 0 Å². The highest BCUT2D eigenvalue weighted by Crippen LogP contribution is 2.32. The fourth-order valence-corrected chi connectivity index (χ4v) is 3.32. The van der Waals surface area contributed by atoms with Crippen molar-refractivity contribution in [2.45, 2.75) is 19.9 Å². The molecule has 2 aromatic rings. The lowest BCUT2D eigenvalue weighted by Gasteiger charge is -2.34. The molecule has 9 heteroatoms. The van der Waals surface area contributed by atoms with Crippen LogP contribution in [0.3, 0.4) is 0 Å². The van der Waals surface area contributed by atoms with E-state index in [0.29, 0.717) is 49.9 Å². The van der Waals surface area contributed by atoms with Gasteiger partial charge in [0.15, 0.2) is 17.1 Å². The number of carbonyl (C=O) groups excluding carboxylic acids is 1. The monoisotopic (exact) mass is 402 g/mol. The number of carboxylic acids is 1. The Hall–Kier alpha value is -3.07. The second-order valence-corrected chi connectivity index (χ2v) is 7.23. The average Bonchev–Trinajstić information content (AvgIpc) is 3.13. The van der Waals surface area contributed by atoms with Gasteiger partial charge in [0.25, 0.3) is 0 Å². The Balaban J connectivity index is 1.72.